The smallest absolute Gasteiger partial charge is 0.333 e. The second-order valence-corrected chi connectivity index (χ2v) is 7.93. The second kappa shape index (κ2) is 6.66. The first-order valence-corrected chi connectivity index (χ1v) is 9.87. The van der Waals surface area contributed by atoms with E-state index in [4.69, 9.17) is 15.6 Å². The predicted octanol–water partition coefficient (Wildman–Crippen LogP) is -0.262. The fraction of sp³-hybridized carbons (Fsp3) is 0.583. The number of nitrogens with zero attached hydrogens (tertiary/aromatic N) is 4. The lowest BCUT2D eigenvalue weighted by Crippen LogP contribution is -2.36. The Morgan fingerprint density at radius 1 is 1.56 bits per heavy atom. The molecular formula is C12H18N6O5S2. The first-order valence-electron chi connectivity index (χ1n) is 7.41. The fourth-order valence-corrected chi connectivity index (χ4v) is 3.68. The zero-order valence-corrected chi connectivity index (χ0v) is 15.0. The number of aliphatic hydroxyl groups is 1. The van der Waals surface area contributed by atoms with Crippen molar-refractivity contribution < 1.29 is 22.4 Å². The lowest BCUT2D eigenvalue weighted by Gasteiger charge is -2.22. The summed E-state index contributed by atoms with van der Waals surface area (Å²) < 4.78 is 33.3. The number of ether oxygens (including phenoxy) is 1. The maximum atomic E-state index is 10.9. The van der Waals surface area contributed by atoms with Crippen molar-refractivity contribution in [1.29, 1.82) is 0 Å². The van der Waals surface area contributed by atoms with Crippen molar-refractivity contribution in [1.82, 2.24) is 19.7 Å². The number of nitrogen functional groups attached to an aromatic ring is 1. The number of nitrogens with two attached hydrogens (primary N) is 2. The van der Waals surface area contributed by atoms with Crippen LogP contribution in [0.3, 0.4) is 0 Å². The number of fused-ring (bicyclic) bond motifs is 1. The molecule has 1 fully saturated rings. The summed E-state index contributed by atoms with van der Waals surface area (Å²) in [6.07, 6.45) is 1.19. The van der Waals surface area contributed by atoms with Gasteiger partial charge < -0.3 is 15.6 Å². The molecule has 0 aromatic carbocycles. The van der Waals surface area contributed by atoms with Crippen LogP contribution in [-0.2, 0) is 19.2 Å². The summed E-state index contributed by atoms with van der Waals surface area (Å²) in [7, 11) is -4.18. The van der Waals surface area contributed by atoms with Gasteiger partial charge in [0, 0.05) is 6.42 Å². The first kappa shape index (κ1) is 18.3. The molecule has 2 aromatic rings. The molecular weight excluding hydrogens is 372 g/mol. The van der Waals surface area contributed by atoms with Crippen LogP contribution in [0.25, 0.3) is 11.0 Å². The van der Waals surface area contributed by atoms with Gasteiger partial charge in [0.25, 0.3) is 0 Å². The van der Waals surface area contributed by atoms with Gasteiger partial charge in [0.15, 0.2) is 17.7 Å². The van der Waals surface area contributed by atoms with Crippen LogP contribution < -0.4 is 10.9 Å². The summed E-state index contributed by atoms with van der Waals surface area (Å²) in [5, 5.41) is 20.9. The average Bonchev–Trinajstić information content (AvgIpc) is 3.08. The van der Waals surface area contributed by atoms with Crippen molar-refractivity contribution in [2.75, 3.05) is 18.1 Å². The molecule has 0 amide bonds. The van der Waals surface area contributed by atoms with Crippen molar-refractivity contribution in [2.24, 2.45) is 5.14 Å². The van der Waals surface area contributed by atoms with Gasteiger partial charge >= 0.3 is 10.3 Å². The molecule has 0 saturated carbocycles. The average molecular weight is 390 g/mol. The quantitative estimate of drug-likeness (QED) is 0.558. The summed E-state index contributed by atoms with van der Waals surface area (Å²) in [6, 6.07) is 0. The molecule has 2 atom stereocenters. The van der Waals surface area contributed by atoms with Crippen LogP contribution >= 0.6 is 11.8 Å². The summed E-state index contributed by atoms with van der Waals surface area (Å²) in [6.45, 7) is 1.38. The normalized spacial score (nSPS) is 24.2. The summed E-state index contributed by atoms with van der Waals surface area (Å²) in [5.41, 5.74) is 6.42. The highest BCUT2D eigenvalue weighted by molar-refractivity contribution is 7.99. The van der Waals surface area contributed by atoms with E-state index in [0.717, 1.165) is 5.75 Å². The second-order valence-electron chi connectivity index (χ2n) is 5.45. The zero-order valence-electron chi connectivity index (χ0n) is 13.3. The molecule has 1 aliphatic rings. The molecule has 1 aliphatic heterocycles. The maximum Gasteiger partial charge on any atom is 0.333 e. The Morgan fingerprint density at radius 2 is 2.32 bits per heavy atom. The van der Waals surface area contributed by atoms with E-state index in [0.29, 0.717) is 28.3 Å². The maximum absolute atomic E-state index is 10.9. The molecule has 11 nitrogen and oxygen atoms in total. The van der Waals surface area contributed by atoms with Gasteiger partial charge in [-0.05, 0) is 12.2 Å². The minimum atomic E-state index is -4.18. The Kier molecular flexibility index (Phi) is 4.87. The van der Waals surface area contributed by atoms with Crippen molar-refractivity contribution in [3.05, 3.63) is 6.33 Å². The highest BCUT2D eigenvalue weighted by atomic mass is 32.2. The van der Waals surface area contributed by atoms with Gasteiger partial charge in [-0.1, -0.05) is 6.92 Å². The van der Waals surface area contributed by atoms with Gasteiger partial charge in [-0.2, -0.15) is 13.5 Å². The molecule has 1 saturated heterocycles. The third-order valence-corrected chi connectivity index (χ3v) is 4.92. The lowest BCUT2D eigenvalue weighted by atomic mass is 10.2. The van der Waals surface area contributed by atoms with Crippen molar-refractivity contribution >= 4 is 38.9 Å². The third-order valence-electron chi connectivity index (χ3n) is 3.63. The van der Waals surface area contributed by atoms with E-state index in [1.165, 1.54) is 22.8 Å². The van der Waals surface area contributed by atoms with Gasteiger partial charge in [0.1, 0.15) is 23.8 Å². The van der Waals surface area contributed by atoms with E-state index >= 15 is 0 Å². The Morgan fingerprint density at radius 3 is 3.00 bits per heavy atom. The van der Waals surface area contributed by atoms with E-state index in [1.807, 2.05) is 6.92 Å². The minimum Gasteiger partial charge on any atom is -0.383 e. The van der Waals surface area contributed by atoms with Crippen LogP contribution in [-0.4, -0.2) is 51.4 Å². The van der Waals surface area contributed by atoms with Crippen molar-refractivity contribution in [2.45, 2.75) is 36.8 Å². The highest BCUT2D eigenvalue weighted by Gasteiger charge is 2.42. The van der Waals surface area contributed by atoms with Crippen LogP contribution in [0.15, 0.2) is 11.4 Å². The third kappa shape index (κ3) is 3.86. The Balaban J connectivity index is 1.89. The molecule has 0 radical (unpaired) electrons. The summed E-state index contributed by atoms with van der Waals surface area (Å²) in [4.78, 5) is 8.19. The van der Waals surface area contributed by atoms with Crippen LogP contribution in [0.4, 0.5) is 5.82 Å². The van der Waals surface area contributed by atoms with Gasteiger partial charge in [-0.15, -0.1) is 11.8 Å². The Bertz CT molecular complexity index is 887. The fourth-order valence-electron chi connectivity index (χ4n) is 2.57. The van der Waals surface area contributed by atoms with Gasteiger partial charge in [0.2, 0.25) is 0 Å². The Hall–Kier alpha value is -1.51. The highest BCUT2D eigenvalue weighted by Crippen LogP contribution is 2.38. The number of aromatic nitrogens is 4. The molecule has 2 aromatic heterocycles. The van der Waals surface area contributed by atoms with Crippen LogP contribution in [0, 0.1) is 0 Å². The van der Waals surface area contributed by atoms with Crippen LogP contribution in [0.5, 0.6) is 0 Å². The standard InChI is InChI=1S/C12H18N6O5S2/c1-2-24-11-8-9(13)15-6-16-10(8)18(17-11)7-3-4-12(19,23-7)5-22-25(14,20)21/h6-7,19H,2-5H2,1H3,(H2,13,15,16)(H2,14,20,21)/t7-,12-/m1/s1. The largest absolute Gasteiger partial charge is 0.383 e. The molecule has 0 aliphatic carbocycles. The molecule has 3 rings (SSSR count). The molecule has 3 heterocycles. The van der Waals surface area contributed by atoms with Crippen molar-refractivity contribution in [3.8, 4) is 0 Å². The van der Waals surface area contributed by atoms with E-state index < -0.39 is 28.9 Å². The molecule has 5 N–H and O–H groups in total. The van der Waals surface area contributed by atoms with E-state index in [1.54, 1.807) is 0 Å². The van der Waals surface area contributed by atoms with E-state index in [-0.39, 0.29) is 6.42 Å². The minimum absolute atomic E-state index is 0.144. The van der Waals surface area contributed by atoms with E-state index in [9.17, 15) is 13.5 Å². The number of hydrogen-bond acceptors (Lipinski definition) is 10. The van der Waals surface area contributed by atoms with Gasteiger partial charge in [-0.3, -0.25) is 4.18 Å². The molecule has 0 unspecified atom stereocenters. The number of hydrogen-bond donors (Lipinski definition) is 3. The SMILES string of the molecule is CCSc1nn([C@H]2CC[C@](O)(COS(N)(=O)=O)O2)c2ncnc(N)c12. The topological polar surface area (TPSA) is 168 Å². The van der Waals surface area contributed by atoms with Gasteiger partial charge in [-0.25, -0.2) is 19.8 Å². The van der Waals surface area contributed by atoms with Crippen LogP contribution in [0.2, 0.25) is 0 Å². The number of rotatable bonds is 6. The summed E-state index contributed by atoms with van der Waals surface area (Å²) >= 11 is 1.48. The van der Waals surface area contributed by atoms with Crippen molar-refractivity contribution in [3.63, 3.8) is 0 Å². The van der Waals surface area contributed by atoms with Gasteiger partial charge in [0.05, 0.1) is 5.39 Å². The molecule has 0 bridgehead atoms. The zero-order chi connectivity index (χ0) is 18.2. The summed E-state index contributed by atoms with van der Waals surface area (Å²) in [5.74, 6) is -0.706. The molecule has 13 heteroatoms. The van der Waals surface area contributed by atoms with E-state index in [2.05, 4.69) is 19.2 Å². The predicted molar refractivity (Wildman–Crippen MR) is 89.5 cm³/mol. The molecule has 0 spiro atoms. The monoisotopic (exact) mass is 390 g/mol. The Labute approximate surface area is 148 Å². The first-order chi connectivity index (χ1) is 11.7. The molecule has 138 valence electrons. The molecule has 25 heavy (non-hydrogen) atoms. The lowest BCUT2D eigenvalue weighted by molar-refractivity contribution is -0.222. The number of thioether (sulfide) groups is 1. The van der Waals surface area contributed by atoms with Crippen LogP contribution in [0.1, 0.15) is 26.0 Å². The number of anilines is 1.